The lowest BCUT2D eigenvalue weighted by molar-refractivity contribution is -0.150. The monoisotopic (exact) mass is 403 g/mol. The normalized spacial score (nSPS) is 20.4. The van der Waals surface area contributed by atoms with E-state index in [4.69, 9.17) is 4.98 Å². The molecule has 1 saturated heterocycles. The van der Waals surface area contributed by atoms with Crippen molar-refractivity contribution in [1.82, 2.24) is 15.2 Å². The first-order chi connectivity index (χ1) is 13.9. The molecular formula is C23H37N3O3. The first-order valence-electron chi connectivity index (χ1n) is 11.3. The van der Waals surface area contributed by atoms with E-state index in [0.29, 0.717) is 12.8 Å². The van der Waals surface area contributed by atoms with Crippen LogP contribution in [-0.4, -0.2) is 63.4 Å². The minimum Gasteiger partial charge on any atom is -0.480 e. The van der Waals surface area contributed by atoms with Gasteiger partial charge in [0.05, 0.1) is 5.60 Å². The highest BCUT2D eigenvalue weighted by molar-refractivity contribution is 5.75. The van der Waals surface area contributed by atoms with E-state index in [1.807, 2.05) is 13.8 Å². The van der Waals surface area contributed by atoms with Crippen LogP contribution in [0.25, 0.3) is 0 Å². The minimum atomic E-state index is -1.17. The fourth-order valence-corrected chi connectivity index (χ4v) is 4.65. The lowest BCUT2D eigenvalue weighted by atomic mass is 9.83. The SMILES string of the molecule is CC(C)NC(C(=O)O)C1(O)CCN(CCCCc2ccc3c(n2)CCCC3)CC1. The second-order valence-electron chi connectivity index (χ2n) is 9.11. The van der Waals surface area contributed by atoms with Crippen LogP contribution in [0.15, 0.2) is 12.1 Å². The molecule has 29 heavy (non-hydrogen) atoms. The number of aliphatic hydroxyl groups is 1. The summed E-state index contributed by atoms with van der Waals surface area (Å²) in [6.07, 6.45) is 9.09. The van der Waals surface area contributed by atoms with Gasteiger partial charge in [0.2, 0.25) is 0 Å². The van der Waals surface area contributed by atoms with E-state index < -0.39 is 17.6 Å². The van der Waals surface area contributed by atoms with Crippen molar-refractivity contribution in [2.24, 2.45) is 0 Å². The number of carboxylic acids is 1. The Balaban J connectivity index is 1.40. The topological polar surface area (TPSA) is 85.7 Å². The third kappa shape index (κ3) is 6.00. The Morgan fingerprint density at radius 3 is 2.62 bits per heavy atom. The Morgan fingerprint density at radius 2 is 1.93 bits per heavy atom. The van der Waals surface area contributed by atoms with E-state index in [2.05, 4.69) is 22.3 Å². The Labute approximate surface area is 174 Å². The van der Waals surface area contributed by atoms with Crippen molar-refractivity contribution in [3.63, 3.8) is 0 Å². The number of likely N-dealkylation sites (tertiary alicyclic amines) is 1. The van der Waals surface area contributed by atoms with Gasteiger partial charge >= 0.3 is 5.97 Å². The number of carbonyl (C=O) groups is 1. The second kappa shape index (κ2) is 10.0. The van der Waals surface area contributed by atoms with Gasteiger partial charge in [-0.3, -0.25) is 15.1 Å². The van der Waals surface area contributed by atoms with E-state index in [0.717, 1.165) is 45.3 Å². The summed E-state index contributed by atoms with van der Waals surface area (Å²) in [6.45, 7) is 6.31. The first-order valence-corrected chi connectivity index (χ1v) is 11.3. The Hall–Kier alpha value is -1.50. The number of aryl methyl sites for hydroxylation is 3. The van der Waals surface area contributed by atoms with Crippen LogP contribution in [0.4, 0.5) is 0 Å². The van der Waals surface area contributed by atoms with Gasteiger partial charge in [-0.25, -0.2) is 0 Å². The number of pyridine rings is 1. The van der Waals surface area contributed by atoms with E-state index in [9.17, 15) is 15.0 Å². The third-order valence-electron chi connectivity index (χ3n) is 6.40. The van der Waals surface area contributed by atoms with Crippen LogP contribution < -0.4 is 5.32 Å². The summed E-state index contributed by atoms with van der Waals surface area (Å²) in [5.74, 6) is -0.966. The molecule has 0 spiro atoms. The number of piperidine rings is 1. The molecule has 0 bridgehead atoms. The van der Waals surface area contributed by atoms with Crippen LogP contribution in [0.5, 0.6) is 0 Å². The van der Waals surface area contributed by atoms with Crippen molar-refractivity contribution >= 4 is 5.97 Å². The quantitative estimate of drug-likeness (QED) is 0.550. The maximum absolute atomic E-state index is 11.6. The highest BCUT2D eigenvalue weighted by Crippen LogP contribution is 2.27. The summed E-state index contributed by atoms with van der Waals surface area (Å²) in [6, 6.07) is 3.58. The highest BCUT2D eigenvalue weighted by Gasteiger charge is 2.43. The number of nitrogens with one attached hydrogen (secondary N) is 1. The molecule has 0 radical (unpaired) electrons. The van der Waals surface area contributed by atoms with Gasteiger partial charge in [0, 0.05) is 30.5 Å². The van der Waals surface area contributed by atoms with Crippen molar-refractivity contribution < 1.29 is 15.0 Å². The molecule has 1 aromatic rings. The van der Waals surface area contributed by atoms with Gasteiger partial charge < -0.3 is 15.1 Å². The molecule has 0 aromatic carbocycles. The van der Waals surface area contributed by atoms with Crippen molar-refractivity contribution in [1.29, 1.82) is 0 Å². The number of hydrogen-bond donors (Lipinski definition) is 3. The molecule has 3 N–H and O–H groups in total. The van der Waals surface area contributed by atoms with Crippen molar-refractivity contribution in [3.8, 4) is 0 Å². The zero-order chi connectivity index (χ0) is 20.9. The molecule has 6 nitrogen and oxygen atoms in total. The molecule has 2 aliphatic rings. The Kier molecular flexibility index (Phi) is 7.66. The Bertz CT molecular complexity index is 684. The van der Waals surface area contributed by atoms with E-state index in [1.54, 1.807) is 0 Å². The van der Waals surface area contributed by atoms with Gasteiger partial charge in [-0.1, -0.05) is 19.9 Å². The van der Waals surface area contributed by atoms with E-state index in [1.165, 1.54) is 36.2 Å². The average Bonchev–Trinajstić information content (AvgIpc) is 2.70. The van der Waals surface area contributed by atoms with Crippen molar-refractivity contribution in [2.75, 3.05) is 19.6 Å². The van der Waals surface area contributed by atoms with Crippen LogP contribution >= 0.6 is 0 Å². The van der Waals surface area contributed by atoms with Crippen LogP contribution in [0.3, 0.4) is 0 Å². The van der Waals surface area contributed by atoms with Crippen LogP contribution in [0.2, 0.25) is 0 Å². The van der Waals surface area contributed by atoms with Crippen molar-refractivity contribution in [2.45, 2.75) is 89.3 Å². The number of fused-ring (bicyclic) bond motifs is 1. The van der Waals surface area contributed by atoms with Crippen LogP contribution in [-0.2, 0) is 24.1 Å². The lowest BCUT2D eigenvalue weighted by Gasteiger charge is -2.42. The summed E-state index contributed by atoms with van der Waals surface area (Å²) in [5.41, 5.74) is 2.79. The predicted molar refractivity (Wildman–Crippen MR) is 114 cm³/mol. The zero-order valence-corrected chi connectivity index (χ0v) is 18.0. The minimum absolute atomic E-state index is 0.0235. The molecule has 6 heteroatoms. The summed E-state index contributed by atoms with van der Waals surface area (Å²) in [4.78, 5) is 18.8. The molecule has 1 unspecified atom stereocenters. The third-order valence-corrected chi connectivity index (χ3v) is 6.40. The molecule has 2 heterocycles. The number of rotatable bonds is 9. The first kappa shape index (κ1) is 22.2. The molecule has 0 saturated carbocycles. The van der Waals surface area contributed by atoms with Gasteiger partial charge in [-0.15, -0.1) is 0 Å². The molecular weight excluding hydrogens is 366 g/mol. The number of aliphatic carboxylic acids is 1. The van der Waals surface area contributed by atoms with Gasteiger partial charge in [-0.2, -0.15) is 0 Å². The standard InChI is InChI=1S/C23H37N3O3/c1-17(2)24-21(22(27)28)23(29)12-15-26(16-13-23)14-6-5-8-19-11-10-18-7-3-4-9-20(18)25-19/h10-11,17,21,24,29H,3-9,12-16H2,1-2H3,(H,27,28). The number of carboxylic acid groups (broad SMARTS) is 1. The van der Waals surface area contributed by atoms with E-state index in [-0.39, 0.29) is 6.04 Å². The average molecular weight is 404 g/mol. The highest BCUT2D eigenvalue weighted by atomic mass is 16.4. The summed E-state index contributed by atoms with van der Waals surface area (Å²) < 4.78 is 0. The molecule has 162 valence electrons. The number of hydrogen-bond acceptors (Lipinski definition) is 5. The fraction of sp³-hybridized carbons (Fsp3) is 0.739. The molecule has 0 amide bonds. The lowest BCUT2D eigenvalue weighted by Crippen LogP contribution is -2.61. The molecule has 1 aliphatic carbocycles. The predicted octanol–water partition coefficient (Wildman–Crippen LogP) is 2.56. The van der Waals surface area contributed by atoms with Crippen LogP contribution in [0.1, 0.15) is 69.3 Å². The van der Waals surface area contributed by atoms with E-state index >= 15 is 0 Å². The van der Waals surface area contributed by atoms with Gasteiger partial charge in [0.1, 0.15) is 6.04 Å². The maximum Gasteiger partial charge on any atom is 0.323 e. The second-order valence-corrected chi connectivity index (χ2v) is 9.11. The summed E-state index contributed by atoms with van der Waals surface area (Å²) >= 11 is 0. The van der Waals surface area contributed by atoms with Gasteiger partial charge in [-0.05, 0) is 76.0 Å². The van der Waals surface area contributed by atoms with Gasteiger partial charge in [0.25, 0.3) is 0 Å². The Morgan fingerprint density at radius 1 is 1.21 bits per heavy atom. The molecule has 1 fully saturated rings. The summed E-state index contributed by atoms with van der Waals surface area (Å²) in [5, 5.41) is 23.4. The fourth-order valence-electron chi connectivity index (χ4n) is 4.65. The number of unbranched alkanes of at least 4 members (excludes halogenated alkanes) is 1. The largest absolute Gasteiger partial charge is 0.480 e. The molecule has 3 rings (SSSR count). The maximum atomic E-state index is 11.6. The molecule has 1 atom stereocenters. The number of nitrogens with zero attached hydrogens (tertiary/aromatic N) is 2. The smallest absolute Gasteiger partial charge is 0.323 e. The number of aromatic nitrogens is 1. The van der Waals surface area contributed by atoms with Gasteiger partial charge in [0.15, 0.2) is 0 Å². The molecule has 1 aliphatic heterocycles. The molecule has 1 aromatic heterocycles. The van der Waals surface area contributed by atoms with Crippen molar-refractivity contribution in [3.05, 3.63) is 29.1 Å². The van der Waals surface area contributed by atoms with Crippen LogP contribution in [0, 0.1) is 0 Å². The summed E-state index contributed by atoms with van der Waals surface area (Å²) in [7, 11) is 0. The zero-order valence-electron chi connectivity index (χ0n) is 18.0.